The Bertz CT molecular complexity index is 1410. The molecule has 4 aliphatic rings. The van der Waals surface area contributed by atoms with Crippen LogP contribution < -0.4 is 10.6 Å². The first-order valence-corrected chi connectivity index (χ1v) is 13.6. The molecule has 2 spiro atoms. The molecule has 7 rings (SSSR count). The number of aryl methyl sites for hydroxylation is 1. The second-order valence-electron chi connectivity index (χ2n) is 9.93. The second-order valence-corrected chi connectivity index (χ2v) is 12.1. The van der Waals surface area contributed by atoms with Crippen molar-refractivity contribution in [1.29, 1.82) is 0 Å². The molecule has 0 aromatic heterocycles. The maximum Gasteiger partial charge on any atom is 0.251 e. The van der Waals surface area contributed by atoms with Gasteiger partial charge in [0.1, 0.15) is 4.75 Å². The summed E-state index contributed by atoms with van der Waals surface area (Å²) in [6, 6.07) is 22.5. The Balaban J connectivity index is 1.58. The summed E-state index contributed by atoms with van der Waals surface area (Å²) < 4.78 is -0.170. The molecule has 1 unspecified atom stereocenters. The zero-order valence-corrected chi connectivity index (χ0v) is 21.6. The number of hydrogen-bond donors (Lipinski definition) is 2. The summed E-state index contributed by atoms with van der Waals surface area (Å²) in [5.41, 5.74) is 3.66. The lowest BCUT2D eigenvalue weighted by Crippen LogP contribution is -2.64. The molecule has 5 nitrogen and oxygen atoms in total. The van der Waals surface area contributed by atoms with E-state index in [-0.39, 0.29) is 23.8 Å². The van der Waals surface area contributed by atoms with Crippen molar-refractivity contribution in [3.05, 3.63) is 87.9 Å². The van der Waals surface area contributed by atoms with Gasteiger partial charge in [-0.15, -0.1) is 11.8 Å². The van der Waals surface area contributed by atoms with E-state index >= 15 is 0 Å². The van der Waals surface area contributed by atoms with Crippen molar-refractivity contribution in [3.8, 4) is 0 Å². The molecule has 0 bridgehead atoms. The van der Waals surface area contributed by atoms with E-state index in [1.165, 1.54) is 5.56 Å². The summed E-state index contributed by atoms with van der Waals surface area (Å²) in [7, 11) is 0. The van der Waals surface area contributed by atoms with Gasteiger partial charge in [-0.2, -0.15) is 0 Å². The maximum atomic E-state index is 14.5. The number of benzene rings is 3. The van der Waals surface area contributed by atoms with E-state index in [2.05, 4.69) is 68.7 Å². The lowest BCUT2D eigenvalue weighted by molar-refractivity contribution is -0.133. The number of nitrogens with one attached hydrogen (secondary N) is 2. The molecule has 176 valence electrons. The largest absolute Gasteiger partial charge is 0.324 e. The summed E-state index contributed by atoms with van der Waals surface area (Å²) in [6.07, 6.45) is 1.96. The first-order chi connectivity index (χ1) is 17.0. The minimum Gasteiger partial charge on any atom is -0.324 e. The third-order valence-electron chi connectivity index (χ3n) is 8.22. The average molecular weight is 546 g/mol. The van der Waals surface area contributed by atoms with Crippen LogP contribution in [0.4, 0.5) is 11.4 Å². The number of anilines is 2. The van der Waals surface area contributed by atoms with Crippen LogP contribution in [0.3, 0.4) is 0 Å². The smallest absolute Gasteiger partial charge is 0.251 e. The zero-order valence-electron chi connectivity index (χ0n) is 19.2. The molecule has 2 fully saturated rings. The highest BCUT2D eigenvalue weighted by atomic mass is 79.9. The number of rotatable bonds is 1. The van der Waals surface area contributed by atoms with E-state index in [9.17, 15) is 9.59 Å². The van der Waals surface area contributed by atoms with Crippen molar-refractivity contribution in [2.24, 2.45) is 0 Å². The fourth-order valence-electron chi connectivity index (χ4n) is 6.95. The van der Waals surface area contributed by atoms with Gasteiger partial charge in [0.05, 0.1) is 5.69 Å². The van der Waals surface area contributed by atoms with Crippen molar-refractivity contribution in [2.45, 2.75) is 46.9 Å². The zero-order chi connectivity index (χ0) is 23.9. The quantitative estimate of drug-likeness (QED) is 0.414. The highest BCUT2D eigenvalue weighted by Gasteiger charge is 2.79. The van der Waals surface area contributed by atoms with E-state index in [0.717, 1.165) is 51.3 Å². The third-order valence-corrected chi connectivity index (χ3v) is 10.3. The standard InChI is InChI=1S/C28H24BrN3O2S/c1-16-8-10-17(11-9-16)24-22-6-4-14-32(22)27(19-15-18(29)12-13-20(19)30-25(27)33)28(24)26(34)31-21-5-2-3-7-23(21)35-28/h2-3,5,7-13,15,22,24H,4,6,14H2,1H3,(H,30,33)(H,31,34)/t22?,24-,27-,28+/m0/s1. The molecule has 3 aromatic carbocycles. The molecule has 0 radical (unpaired) electrons. The van der Waals surface area contributed by atoms with E-state index in [4.69, 9.17) is 0 Å². The minimum absolute atomic E-state index is 0.0805. The molecule has 3 aromatic rings. The van der Waals surface area contributed by atoms with Crippen molar-refractivity contribution in [3.63, 3.8) is 0 Å². The van der Waals surface area contributed by atoms with Crippen molar-refractivity contribution < 1.29 is 9.59 Å². The number of nitrogens with zero attached hydrogens (tertiary/aromatic N) is 1. The lowest BCUT2D eigenvalue weighted by Gasteiger charge is -2.47. The van der Waals surface area contributed by atoms with E-state index in [1.807, 2.05) is 36.4 Å². The monoisotopic (exact) mass is 545 g/mol. The van der Waals surface area contributed by atoms with Crippen LogP contribution in [-0.2, 0) is 15.1 Å². The molecule has 4 aliphatic heterocycles. The highest BCUT2D eigenvalue weighted by molar-refractivity contribution is 9.10. The summed E-state index contributed by atoms with van der Waals surface area (Å²) in [5.74, 6) is -0.349. The van der Waals surface area contributed by atoms with E-state index < -0.39 is 10.3 Å². The first kappa shape index (κ1) is 21.7. The fourth-order valence-corrected chi connectivity index (χ4v) is 9.06. The number of fused-ring (bicyclic) bond motifs is 6. The molecule has 7 heteroatoms. The van der Waals surface area contributed by atoms with E-state index in [1.54, 1.807) is 11.8 Å². The van der Waals surface area contributed by atoms with Crippen LogP contribution in [0.15, 0.2) is 76.1 Å². The number of hydrogen-bond acceptors (Lipinski definition) is 4. The van der Waals surface area contributed by atoms with Crippen LogP contribution in [0.1, 0.15) is 35.4 Å². The number of halogens is 1. The van der Waals surface area contributed by atoms with Gasteiger partial charge in [-0.1, -0.05) is 57.9 Å². The molecular weight excluding hydrogens is 522 g/mol. The van der Waals surface area contributed by atoms with Crippen LogP contribution in [0.5, 0.6) is 0 Å². The summed E-state index contributed by atoms with van der Waals surface area (Å²) in [4.78, 5) is 32.2. The summed E-state index contributed by atoms with van der Waals surface area (Å²) >= 11 is 5.22. The Morgan fingerprint density at radius 1 is 0.971 bits per heavy atom. The molecular formula is C28H24BrN3O2S. The molecule has 0 aliphatic carbocycles. The maximum absolute atomic E-state index is 14.5. The number of carbonyl (C=O) groups excluding carboxylic acids is 2. The molecule has 2 saturated heterocycles. The lowest BCUT2D eigenvalue weighted by atomic mass is 9.70. The Labute approximate surface area is 216 Å². The highest BCUT2D eigenvalue weighted by Crippen LogP contribution is 2.70. The van der Waals surface area contributed by atoms with Crippen LogP contribution in [0, 0.1) is 6.92 Å². The van der Waals surface area contributed by atoms with Crippen LogP contribution in [0.25, 0.3) is 0 Å². The normalized spacial score (nSPS) is 30.8. The molecule has 4 atom stereocenters. The van der Waals surface area contributed by atoms with Crippen LogP contribution in [-0.4, -0.2) is 34.0 Å². The Morgan fingerprint density at radius 2 is 1.74 bits per heavy atom. The van der Waals surface area contributed by atoms with Gasteiger partial charge in [0.25, 0.3) is 5.91 Å². The van der Waals surface area contributed by atoms with Gasteiger partial charge in [-0.25, -0.2) is 0 Å². The van der Waals surface area contributed by atoms with Gasteiger partial charge in [-0.3, -0.25) is 14.5 Å². The Hall–Kier alpha value is -2.61. The molecule has 4 heterocycles. The molecule has 2 N–H and O–H groups in total. The number of thioether (sulfide) groups is 1. The predicted molar refractivity (Wildman–Crippen MR) is 142 cm³/mol. The van der Waals surface area contributed by atoms with Crippen molar-refractivity contribution in [2.75, 3.05) is 17.2 Å². The number of carbonyl (C=O) groups is 2. The Kier molecular flexibility index (Phi) is 4.61. The van der Waals surface area contributed by atoms with Gasteiger partial charge in [-0.05, 0) is 62.2 Å². The van der Waals surface area contributed by atoms with Crippen LogP contribution >= 0.6 is 27.7 Å². The van der Waals surface area contributed by atoms with Gasteiger partial charge in [0.2, 0.25) is 5.91 Å². The summed E-state index contributed by atoms with van der Waals surface area (Å²) in [5, 5.41) is 6.40. The number of para-hydroxylation sites is 1. The average Bonchev–Trinajstić information content (AvgIpc) is 3.49. The minimum atomic E-state index is -1.12. The second kappa shape index (κ2) is 7.45. The third kappa shape index (κ3) is 2.64. The van der Waals surface area contributed by atoms with Gasteiger partial charge in [0, 0.05) is 32.6 Å². The van der Waals surface area contributed by atoms with Crippen LogP contribution in [0.2, 0.25) is 0 Å². The fraction of sp³-hybridized carbons (Fsp3) is 0.286. The molecule has 35 heavy (non-hydrogen) atoms. The first-order valence-electron chi connectivity index (χ1n) is 12.0. The molecule has 2 amide bonds. The SMILES string of the molecule is Cc1ccc([C@H]2C3CCCN3[C@@]3(C(=O)Nc4ccc(Br)cc43)[C@@]23Sc2ccccc2NC3=O)cc1. The van der Waals surface area contributed by atoms with Crippen molar-refractivity contribution >= 4 is 50.9 Å². The molecule has 0 saturated carbocycles. The number of amides is 2. The van der Waals surface area contributed by atoms with Gasteiger partial charge >= 0.3 is 0 Å². The van der Waals surface area contributed by atoms with Gasteiger partial charge < -0.3 is 10.6 Å². The van der Waals surface area contributed by atoms with E-state index in [0.29, 0.717) is 0 Å². The van der Waals surface area contributed by atoms with Crippen molar-refractivity contribution in [1.82, 2.24) is 4.90 Å². The Morgan fingerprint density at radius 3 is 2.57 bits per heavy atom. The summed E-state index contributed by atoms with van der Waals surface area (Å²) in [6.45, 7) is 2.86. The predicted octanol–water partition coefficient (Wildman–Crippen LogP) is 5.65. The van der Waals surface area contributed by atoms with Gasteiger partial charge in [0.15, 0.2) is 5.54 Å². The topological polar surface area (TPSA) is 61.4 Å².